The standard InChI is InChI=1S/C21H25NO5/c1-25-12-13-27-15-20(23)22-19(21(24)26-2)14-16-8-10-18(11-9-16)17-6-4-3-5-7-17/h3-11,19H,12-15H2,1-2H3,(H,22,23)/t19-/m1/s1. The molecule has 0 heterocycles. The fourth-order valence-corrected chi connectivity index (χ4v) is 2.58. The van der Waals surface area contributed by atoms with E-state index in [9.17, 15) is 9.59 Å². The third-order valence-electron chi connectivity index (χ3n) is 3.99. The van der Waals surface area contributed by atoms with E-state index in [-0.39, 0.29) is 12.5 Å². The summed E-state index contributed by atoms with van der Waals surface area (Å²) in [5.74, 6) is -0.866. The third-order valence-corrected chi connectivity index (χ3v) is 3.99. The number of methoxy groups -OCH3 is 2. The zero-order chi connectivity index (χ0) is 19.5. The maximum absolute atomic E-state index is 12.0. The lowest BCUT2D eigenvalue weighted by atomic mass is 10.0. The van der Waals surface area contributed by atoms with Gasteiger partial charge in [0.25, 0.3) is 0 Å². The zero-order valence-corrected chi connectivity index (χ0v) is 15.6. The van der Waals surface area contributed by atoms with E-state index in [1.165, 1.54) is 7.11 Å². The first-order valence-electron chi connectivity index (χ1n) is 8.72. The van der Waals surface area contributed by atoms with E-state index in [0.717, 1.165) is 16.7 Å². The van der Waals surface area contributed by atoms with Crippen LogP contribution in [0.25, 0.3) is 11.1 Å². The Bertz CT molecular complexity index is 715. The topological polar surface area (TPSA) is 73.9 Å². The van der Waals surface area contributed by atoms with Crippen molar-refractivity contribution in [1.82, 2.24) is 5.32 Å². The van der Waals surface area contributed by atoms with Crippen LogP contribution in [-0.4, -0.2) is 52.0 Å². The number of carbonyl (C=O) groups excluding carboxylic acids is 2. The van der Waals surface area contributed by atoms with Gasteiger partial charge in [-0.2, -0.15) is 0 Å². The number of esters is 1. The number of ether oxygens (including phenoxy) is 3. The van der Waals surface area contributed by atoms with Crippen LogP contribution in [0.5, 0.6) is 0 Å². The summed E-state index contributed by atoms with van der Waals surface area (Å²) in [5, 5.41) is 2.66. The zero-order valence-electron chi connectivity index (χ0n) is 15.6. The van der Waals surface area contributed by atoms with Crippen molar-refractivity contribution in [3.05, 3.63) is 60.2 Å². The average Bonchev–Trinajstić information content (AvgIpc) is 2.71. The van der Waals surface area contributed by atoms with Crippen LogP contribution in [0.2, 0.25) is 0 Å². The highest BCUT2D eigenvalue weighted by Crippen LogP contribution is 2.19. The molecule has 6 heteroatoms. The Hall–Kier alpha value is -2.70. The Kier molecular flexibility index (Phi) is 8.48. The van der Waals surface area contributed by atoms with Gasteiger partial charge in [-0.25, -0.2) is 4.79 Å². The van der Waals surface area contributed by atoms with Gasteiger partial charge in [-0.1, -0.05) is 54.6 Å². The molecule has 0 radical (unpaired) electrons. The Balaban J connectivity index is 1.97. The van der Waals surface area contributed by atoms with Crippen molar-refractivity contribution in [3.8, 4) is 11.1 Å². The molecule has 0 saturated heterocycles. The monoisotopic (exact) mass is 371 g/mol. The highest BCUT2D eigenvalue weighted by Gasteiger charge is 2.22. The highest BCUT2D eigenvalue weighted by molar-refractivity contribution is 5.85. The summed E-state index contributed by atoms with van der Waals surface area (Å²) in [5.41, 5.74) is 3.13. The molecule has 2 aromatic carbocycles. The maximum Gasteiger partial charge on any atom is 0.328 e. The van der Waals surface area contributed by atoms with Gasteiger partial charge in [0.2, 0.25) is 5.91 Å². The molecule has 1 atom stereocenters. The minimum atomic E-state index is -0.767. The van der Waals surface area contributed by atoms with Crippen LogP contribution in [0.3, 0.4) is 0 Å². The van der Waals surface area contributed by atoms with Crippen LogP contribution >= 0.6 is 0 Å². The molecule has 0 aliphatic carbocycles. The molecule has 0 aliphatic rings. The predicted molar refractivity (Wildman–Crippen MR) is 102 cm³/mol. The summed E-state index contributed by atoms with van der Waals surface area (Å²) < 4.78 is 14.8. The molecular weight excluding hydrogens is 346 g/mol. The van der Waals surface area contributed by atoms with E-state index in [1.54, 1.807) is 7.11 Å². The van der Waals surface area contributed by atoms with Crippen molar-refractivity contribution in [2.24, 2.45) is 0 Å². The van der Waals surface area contributed by atoms with Gasteiger partial charge in [-0.05, 0) is 16.7 Å². The summed E-state index contributed by atoms with van der Waals surface area (Å²) in [4.78, 5) is 24.0. The molecule has 0 aliphatic heterocycles. The number of hydrogen-bond donors (Lipinski definition) is 1. The van der Waals surface area contributed by atoms with E-state index < -0.39 is 12.0 Å². The minimum Gasteiger partial charge on any atom is -0.467 e. The van der Waals surface area contributed by atoms with Gasteiger partial charge in [0.15, 0.2) is 0 Å². The number of nitrogens with one attached hydrogen (secondary N) is 1. The molecular formula is C21H25NO5. The molecule has 0 unspecified atom stereocenters. The number of benzene rings is 2. The van der Waals surface area contributed by atoms with Crippen LogP contribution in [0.4, 0.5) is 0 Å². The largest absolute Gasteiger partial charge is 0.467 e. The number of rotatable bonds is 10. The fraction of sp³-hybridized carbons (Fsp3) is 0.333. The number of amides is 1. The predicted octanol–water partition coefficient (Wildman–Crippen LogP) is 2.22. The van der Waals surface area contributed by atoms with Crippen LogP contribution < -0.4 is 5.32 Å². The van der Waals surface area contributed by atoms with E-state index in [1.807, 2.05) is 54.6 Å². The number of carbonyl (C=O) groups is 2. The third kappa shape index (κ3) is 6.84. The SMILES string of the molecule is COCCOCC(=O)N[C@H](Cc1ccc(-c2ccccc2)cc1)C(=O)OC. The Morgan fingerprint density at radius 1 is 0.926 bits per heavy atom. The van der Waals surface area contributed by atoms with Crippen molar-refractivity contribution in [1.29, 1.82) is 0 Å². The van der Waals surface area contributed by atoms with E-state index in [4.69, 9.17) is 14.2 Å². The van der Waals surface area contributed by atoms with E-state index >= 15 is 0 Å². The second-order valence-corrected chi connectivity index (χ2v) is 5.96. The summed E-state index contributed by atoms with van der Waals surface area (Å²) in [6, 6.07) is 17.1. The van der Waals surface area contributed by atoms with E-state index in [0.29, 0.717) is 19.6 Å². The molecule has 6 nitrogen and oxygen atoms in total. The molecule has 1 N–H and O–H groups in total. The second kappa shape index (κ2) is 11.1. The second-order valence-electron chi connectivity index (χ2n) is 5.96. The lowest BCUT2D eigenvalue weighted by Crippen LogP contribution is -2.44. The molecule has 0 aromatic heterocycles. The van der Waals surface area contributed by atoms with Gasteiger partial charge in [0.1, 0.15) is 12.6 Å². The first-order chi connectivity index (χ1) is 13.1. The van der Waals surface area contributed by atoms with Crippen molar-refractivity contribution in [2.45, 2.75) is 12.5 Å². The van der Waals surface area contributed by atoms with Crippen molar-refractivity contribution < 1.29 is 23.8 Å². The van der Waals surface area contributed by atoms with Gasteiger partial charge >= 0.3 is 5.97 Å². The van der Waals surface area contributed by atoms with Crippen LogP contribution in [0.1, 0.15) is 5.56 Å². The molecule has 2 rings (SSSR count). The van der Waals surface area contributed by atoms with Gasteiger partial charge in [0, 0.05) is 13.5 Å². The molecule has 27 heavy (non-hydrogen) atoms. The Morgan fingerprint density at radius 2 is 1.59 bits per heavy atom. The van der Waals surface area contributed by atoms with Crippen LogP contribution in [-0.2, 0) is 30.2 Å². The number of hydrogen-bond acceptors (Lipinski definition) is 5. The van der Waals surface area contributed by atoms with Crippen molar-refractivity contribution in [2.75, 3.05) is 34.0 Å². The smallest absolute Gasteiger partial charge is 0.328 e. The minimum absolute atomic E-state index is 0.135. The molecule has 0 bridgehead atoms. The summed E-state index contributed by atoms with van der Waals surface area (Å²) in [6.07, 6.45) is 0.339. The highest BCUT2D eigenvalue weighted by atomic mass is 16.5. The van der Waals surface area contributed by atoms with Crippen molar-refractivity contribution in [3.63, 3.8) is 0 Å². The van der Waals surface area contributed by atoms with Gasteiger partial charge in [-0.15, -0.1) is 0 Å². The first kappa shape index (κ1) is 20.6. The lowest BCUT2D eigenvalue weighted by Gasteiger charge is -2.17. The molecule has 0 fully saturated rings. The normalized spacial score (nSPS) is 11.6. The first-order valence-corrected chi connectivity index (χ1v) is 8.72. The summed E-state index contributed by atoms with van der Waals surface area (Å²) in [6.45, 7) is 0.582. The fourth-order valence-electron chi connectivity index (χ4n) is 2.58. The Morgan fingerprint density at radius 3 is 2.22 bits per heavy atom. The quantitative estimate of drug-likeness (QED) is 0.512. The van der Waals surface area contributed by atoms with Gasteiger partial charge in [-0.3, -0.25) is 4.79 Å². The van der Waals surface area contributed by atoms with Crippen LogP contribution in [0.15, 0.2) is 54.6 Å². The van der Waals surface area contributed by atoms with Gasteiger partial charge in [0.05, 0.1) is 20.3 Å². The summed E-state index contributed by atoms with van der Waals surface area (Å²) >= 11 is 0. The molecule has 2 aromatic rings. The molecule has 0 saturated carbocycles. The maximum atomic E-state index is 12.0. The average molecular weight is 371 g/mol. The van der Waals surface area contributed by atoms with Crippen molar-refractivity contribution >= 4 is 11.9 Å². The lowest BCUT2D eigenvalue weighted by molar-refractivity contribution is -0.145. The van der Waals surface area contributed by atoms with E-state index in [2.05, 4.69) is 5.32 Å². The van der Waals surface area contributed by atoms with Gasteiger partial charge < -0.3 is 19.5 Å². The summed E-state index contributed by atoms with van der Waals surface area (Å²) in [7, 11) is 2.86. The molecule has 1 amide bonds. The molecule has 0 spiro atoms. The molecule has 144 valence electrons. The Labute approximate surface area is 159 Å². The van der Waals surface area contributed by atoms with Crippen LogP contribution in [0, 0.1) is 0 Å².